The highest BCUT2D eigenvalue weighted by Gasteiger charge is 2.04. The molecule has 0 atom stereocenters. The number of hydrogen-bond acceptors (Lipinski definition) is 4. The van der Waals surface area contributed by atoms with Crippen molar-refractivity contribution in [1.29, 1.82) is 0 Å². The number of nitrogens with zero attached hydrogens (tertiary/aromatic N) is 2. The Bertz CT molecular complexity index is 439. The zero-order valence-corrected chi connectivity index (χ0v) is 11.3. The number of hydrogen-bond donors (Lipinski definition) is 0. The lowest BCUT2D eigenvalue weighted by Gasteiger charge is -1.99. The van der Waals surface area contributed by atoms with Gasteiger partial charge in [0.05, 0.1) is 0 Å². The molecule has 0 bridgehead atoms. The van der Waals surface area contributed by atoms with Crippen LogP contribution in [0.5, 0.6) is 0 Å². The molecule has 0 N–H and O–H groups in total. The van der Waals surface area contributed by atoms with Crippen molar-refractivity contribution < 1.29 is 0 Å². The summed E-state index contributed by atoms with van der Waals surface area (Å²) in [6, 6.07) is 8.34. The first-order chi connectivity index (χ1) is 7.29. The second-order valence-electron chi connectivity index (χ2n) is 2.83. The fraction of sp³-hybridized carbons (Fsp3) is 0.200. The molecule has 1 aromatic carbocycles. The van der Waals surface area contributed by atoms with E-state index in [0.717, 1.165) is 21.1 Å². The van der Waals surface area contributed by atoms with Crippen molar-refractivity contribution in [3.05, 3.63) is 28.2 Å². The first-order valence-corrected chi connectivity index (χ1v) is 7.07. The number of aromatic nitrogens is 2. The van der Waals surface area contributed by atoms with Crippen LogP contribution in [0.15, 0.2) is 33.1 Å². The second-order valence-corrected chi connectivity index (χ2v) is 6.19. The van der Waals surface area contributed by atoms with Gasteiger partial charge in [-0.1, -0.05) is 19.1 Å². The minimum atomic E-state index is 0.792. The molecule has 0 radical (unpaired) electrons. The smallest absolute Gasteiger partial charge is 0.179 e. The maximum Gasteiger partial charge on any atom is 0.179 e. The summed E-state index contributed by atoms with van der Waals surface area (Å²) in [4.78, 5) is 5.56. The van der Waals surface area contributed by atoms with Crippen LogP contribution in [0, 0.1) is 0 Å². The molecule has 0 saturated heterocycles. The highest BCUT2D eigenvalue weighted by atomic mass is 79.9. The Morgan fingerprint density at radius 3 is 2.60 bits per heavy atom. The van der Waals surface area contributed by atoms with Crippen LogP contribution in [-0.4, -0.2) is 15.1 Å². The van der Waals surface area contributed by atoms with Gasteiger partial charge in [0, 0.05) is 10.5 Å². The van der Waals surface area contributed by atoms with Crippen molar-refractivity contribution >= 4 is 39.2 Å². The fourth-order valence-electron chi connectivity index (χ4n) is 1.19. The van der Waals surface area contributed by atoms with Crippen LogP contribution in [-0.2, 0) is 0 Å². The Morgan fingerprint density at radius 2 is 2.07 bits per heavy atom. The maximum absolute atomic E-state index is 4.27. The number of thioether (sulfide) groups is 1. The van der Waals surface area contributed by atoms with Gasteiger partial charge in [-0.3, -0.25) is 0 Å². The second kappa shape index (κ2) is 5.09. The van der Waals surface area contributed by atoms with Gasteiger partial charge in [0.15, 0.2) is 9.74 Å². The van der Waals surface area contributed by atoms with E-state index in [1.165, 1.54) is 16.4 Å². The lowest BCUT2D eigenvalue weighted by molar-refractivity contribution is 1.29. The van der Waals surface area contributed by atoms with Crippen molar-refractivity contribution in [3.63, 3.8) is 0 Å². The van der Waals surface area contributed by atoms with Gasteiger partial charge in [-0.15, -0.1) is 11.8 Å². The predicted molar refractivity (Wildman–Crippen MR) is 69.4 cm³/mol. The summed E-state index contributed by atoms with van der Waals surface area (Å²) in [5.41, 5.74) is 1.07. The quantitative estimate of drug-likeness (QED) is 0.799. The van der Waals surface area contributed by atoms with Crippen molar-refractivity contribution in [2.75, 3.05) is 5.75 Å². The zero-order valence-electron chi connectivity index (χ0n) is 8.11. The fourth-order valence-corrected chi connectivity index (χ4v) is 2.67. The molecule has 78 valence electrons. The first-order valence-electron chi connectivity index (χ1n) is 4.52. The van der Waals surface area contributed by atoms with Crippen molar-refractivity contribution in [2.24, 2.45) is 0 Å². The zero-order chi connectivity index (χ0) is 10.7. The number of halogens is 1. The Labute approximate surface area is 105 Å². The molecule has 0 unspecified atom stereocenters. The van der Waals surface area contributed by atoms with Crippen LogP contribution in [0.25, 0.3) is 11.4 Å². The molecular formula is C10H9BrN2S2. The van der Waals surface area contributed by atoms with Crippen LogP contribution in [0.3, 0.4) is 0 Å². The molecule has 0 spiro atoms. The summed E-state index contributed by atoms with van der Waals surface area (Å²) in [5, 5.41) is 0. The van der Waals surface area contributed by atoms with Crippen LogP contribution in [0.2, 0.25) is 0 Å². The molecule has 2 aromatic rings. The number of rotatable bonds is 3. The van der Waals surface area contributed by atoms with Crippen LogP contribution in [0.1, 0.15) is 6.92 Å². The van der Waals surface area contributed by atoms with E-state index in [4.69, 9.17) is 0 Å². The van der Waals surface area contributed by atoms with E-state index in [-0.39, 0.29) is 0 Å². The molecule has 5 heteroatoms. The molecule has 0 aliphatic carbocycles. The largest absolute Gasteiger partial charge is 0.208 e. The van der Waals surface area contributed by atoms with Crippen molar-refractivity contribution in [1.82, 2.24) is 9.36 Å². The summed E-state index contributed by atoms with van der Waals surface area (Å²) in [6.07, 6.45) is 0. The average Bonchev–Trinajstić information content (AvgIpc) is 2.67. The highest BCUT2D eigenvalue weighted by Crippen LogP contribution is 2.24. The molecule has 0 saturated carbocycles. The lowest BCUT2D eigenvalue weighted by atomic mass is 10.2. The third-order valence-electron chi connectivity index (χ3n) is 1.82. The van der Waals surface area contributed by atoms with E-state index in [1.807, 2.05) is 11.8 Å². The van der Waals surface area contributed by atoms with Crippen molar-refractivity contribution in [2.45, 2.75) is 11.8 Å². The first kappa shape index (κ1) is 11.1. The minimum absolute atomic E-state index is 0.792. The Balaban J connectivity index is 2.23. The lowest BCUT2D eigenvalue weighted by Crippen LogP contribution is -1.80. The van der Waals surface area contributed by atoms with E-state index in [9.17, 15) is 0 Å². The third kappa shape index (κ3) is 2.80. The molecule has 15 heavy (non-hydrogen) atoms. The van der Waals surface area contributed by atoms with E-state index in [2.05, 4.69) is 56.5 Å². The maximum atomic E-state index is 4.27. The Hall–Kier alpha value is -0.390. The standard InChI is InChI=1S/C10H9BrN2S2/c1-2-14-8-5-3-7(4-6-8)9-12-10(11)15-13-9/h3-6H,2H2,1H3. The van der Waals surface area contributed by atoms with Gasteiger partial charge >= 0.3 is 0 Å². The Morgan fingerprint density at radius 1 is 1.33 bits per heavy atom. The summed E-state index contributed by atoms with van der Waals surface area (Å²) in [5.74, 6) is 1.89. The van der Waals surface area contributed by atoms with E-state index < -0.39 is 0 Å². The monoisotopic (exact) mass is 300 g/mol. The van der Waals surface area contributed by atoms with Gasteiger partial charge in [0.25, 0.3) is 0 Å². The molecule has 0 amide bonds. The average molecular weight is 301 g/mol. The molecular weight excluding hydrogens is 292 g/mol. The normalized spacial score (nSPS) is 10.5. The van der Waals surface area contributed by atoms with Crippen LogP contribution >= 0.6 is 39.2 Å². The Kier molecular flexibility index (Phi) is 3.77. The summed E-state index contributed by atoms with van der Waals surface area (Å²) in [6.45, 7) is 2.15. The molecule has 0 aliphatic rings. The summed E-state index contributed by atoms with van der Waals surface area (Å²) in [7, 11) is 0. The predicted octanol–water partition coefficient (Wildman–Crippen LogP) is 4.08. The molecule has 1 aromatic heterocycles. The van der Waals surface area contributed by atoms with Gasteiger partial charge < -0.3 is 0 Å². The van der Waals surface area contributed by atoms with E-state index in [1.54, 1.807) is 0 Å². The molecule has 0 fully saturated rings. The molecule has 0 aliphatic heterocycles. The SMILES string of the molecule is CCSc1ccc(-c2nsc(Br)n2)cc1. The van der Waals surface area contributed by atoms with E-state index >= 15 is 0 Å². The van der Waals surface area contributed by atoms with Gasteiger partial charge in [-0.05, 0) is 45.3 Å². The van der Waals surface area contributed by atoms with Crippen LogP contribution < -0.4 is 0 Å². The molecule has 2 nitrogen and oxygen atoms in total. The molecule has 2 rings (SSSR count). The van der Waals surface area contributed by atoms with E-state index in [0.29, 0.717) is 0 Å². The molecule has 1 heterocycles. The van der Waals surface area contributed by atoms with Gasteiger partial charge in [0.1, 0.15) is 0 Å². The third-order valence-corrected chi connectivity index (χ3v) is 3.84. The van der Waals surface area contributed by atoms with Gasteiger partial charge in [0.2, 0.25) is 0 Å². The minimum Gasteiger partial charge on any atom is -0.208 e. The topological polar surface area (TPSA) is 25.8 Å². The summed E-state index contributed by atoms with van der Waals surface area (Å²) >= 11 is 6.51. The van der Waals surface area contributed by atoms with Gasteiger partial charge in [-0.25, -0.2) is 4.98 Å². The van der Waals surface area contributed by atoms with Crippen LogP contribution in [0.4, 0.5) is 0 Å². The number of benzene rings is 1. The van der Waals surface area contributed by atoms with Crippen molar-refractivity contribution in [3.8, 4) is 11.4 Å². The summed E-state index contributed by atoms with van der Waals surface area (Å²) < 4.78 is 5.06. The highest BCUT2D eigenvalue weighted by molar-refractivity contribution is 9.11. The van der Waals surface area contributed by atoms with Gasteiger partial charge in [-0.2, -0.15) is 4.37 Å².